The van der Waals surface area contributed by atoms with Gasteiger partial charge in [-0.1, -0.05) is 44.2 Å². The molecule has 4 unspecified atom stereocenters. The molecule has 33 heavy (non-hydrogen) atoms. The van der Waals surface area contributed by atoms with Crippen molar-refractivity contribution in [3.63, 3.8) is 0 Å². The Balaban J connectivity index is 2.92. The van der Waals surface area contributed by atoms with Gasteiger partial charge < -0.3 is 26.8 Å². The summed E-state index contributed by atoms with van der Waals surface area (Å²) >= 11 is 5.51. The SMILES string of the molecule is CSCCC(NC(=O)C(N)CS)C(=O)NC(C(=O)NC(Cc1ccccc1)C(=O)O)C(C)C. The zero-order valence-corrected chi connectivity index (χ0v) is 20.8. The monoisotopic (exact) mass is 498 g/mol. The Hall–Kier alpha value is -2.24. The van der Waals surface area contributed by atoms with Gasteiger partial charge in [0.1, 0.15) is 18.1 Å². The Labute approximate surface area is 204 Å². The highest BCUT2D eigenvalue weighted by Gasteiger charge is 2.31. The molecule has 0 spiro atoms. The topological polar surface area (TPSA) is 151 Å². The molecule has 0 aliphatic rings. The number of carboxylic acids is 1. The van der Waals surface area contributed by atoms with Gasteiger partial charge >= 0.3 is 5.97 Å². The number of hydrogen-bond donors (Lipinski definition) is 6. The molecule has 0 radical (unpaired) electrons. The first kappa shape index (κ1) is 28.8. The zero-order chi connectivity index (χ0) is 25.0. The number of nitrogens with one attached hydrogen (secondary N) is 3. The van der Waals surface area contributed by atoms with Crippen LogP contribution in [-0.4, -0.2) is 70.7 Å². The van der Waals surface area contributed by atoms with E-state index in [2.05, 4.69) is 28.6 Å². The minimum atomic E-state index is -1.17. The number of rotatable bonds is 14. The first-order valence-corrected chi connectivity index (χ1v) is 12.7. The fourth-order valence-electron chi connectivity index (χ4n) is 2.97. The van der Waals surface area contributed by atoms with Gasteiger partial charge in [-0.2, -0.15) is 24.4 Å². The van der Waals surface area contributed by atoms with Gasteiger partial charge in [0.2, 0.25) is 17.7 Å². The van der Waals surface area contributed by atoms with Crippen LogP contribution >= 0.6 is 24.4 Å². The van der Waals surface area contributed by atoms with Crippen molar-refractivity contribution < 1.29 is 24.3 Å². The molecule has 6 N–H and O–H groups in total. The molecule has 184 valence electrons. The van der Waals surface area contributed by atoms with Gasteiger partial charge in [-0.05, 0) is 29.9 Å². The maximum atomic E-state index is 12.9. The van der Waals surface area contributed by atoms with E-state index in [9.17, 15) is 24.3 Å². The van der Waals surface area contributed by atoms with Gasteiger partial charge in [0.25, 0.3) is 0 Å². The van der Waals surface area contributed by atoms with Crippen molar-refractivity contribution in [1.29, 1.82) is 0 Å². The summed E-state index contributed by atoms with van der Waals surface area (Å²) in [7, 11) is 0. The lowest BCUT2D eigenvalue weighted by Gasteiger charge is -2.27. The van der Waals surface area contributed by atoms with E-state index in [1.165, 1.54) is 11.8 Å². The summed E-state index contributed by atoms with van der Waals surface area (Å²) in [5.74, 6) is -2.42. The summed E-state index contributed by atoms with van der Waals surface area (Å²) in [6.07, 6.45) is 2.32. The molecule has 0 bridgehead atoms. The van der Waals surface area contributed by atoms with Crippen LogP contribution in [0.1, 0.15) is 25.8 Å². The average Bonchev–Trinajstić information content (AvgIpc) is 2.78. The molecule has 0 fully saturated rings. The number of thioether (sulfide) groups is 1. The predicted octanol–water partition coefficient (Wildman–Crippen LogP) is 0.434. The van der Waals surface area contributed by atoms with Crippen LogP contribution in [0.2, 0.25) is 0 Å². The third-order valence-corrected chi connectivity index (χ3v) is 5.96. The molecule has 0 saturated carbocycles. The van der Waals surface area contributed by atoms with Crippen molar-refractivity contribution in [3.8, 4) is 0 Å². The van der Waals surface area contributed by atoms with Crippen LogP contribution in [0.5, 0.6) is 0 Å². The van der Waals surface area contributed by atoms with Gasteiger partial charge in [0.15, 0.2) is 0 Å². The maximum Gasteiger partial charge on any atom is 0.326 e. The largest absolute Gasteiger partial charge is 0.480 e. The second kappa shape index (κ2) is 14.8. The van der Waals surface area contributed by atoms with Crippen molar-refractivity contribution >= 4 is 48.1 Å². The number of carboxylic acid groups (broad SMARTS) is 1. The summed E-state index contributed by atoms with van der Waals surface area (Å²) in [6.45, 7) is 3.48. The lowest BCUT2D eigenvalue weighted by Crippen LogP contribution is -2.58. The summed E-state index contributed by atoms with van der Waals surface area (Å²) in [5, 5.41) is 17.4. The van der Waals surface area contributed by atoms with Gasteiger partial charge in [-0.15, -0.1) is 0 Å². The number of aliphatic carboxylic acids is 1. The van der Waals surface area contributed by atoms with E-state index in [-0.39, 0.29) is 18.1 Å². The van der Waals surface area contributed by atoms with E-state index < -0.39 is 47.9 Å². The molecular formula is C22H34N4O5S2. The normalized spacial score (nSPS) is 14.6. The molecule has 11 heteroatoms. The fourth-order valence-corrected chi connectivity index (χ4v) is 3.60. The Bertz CT molecular complexity index is 794. The smallest absolute Gasteiger partial charge is 0.326 e. The molecule has 0 aromatic heterocycles. The van der Waals surface area contributed by atoms with E-state index in [0.29, 0.717) is 12.2 Å². The van der Waals surface area contributed by atoms with Crippen molar-refractivity contribution in [2.24, 2.45) is 11.7 Å². The average molecular weight is 499 g/mol. The van der Waals surface area contributed by atoms with Crippen LogP contribution < -0.4 is 21.7 Å². The molecule has 0 saturated heterocycles. The summed E-state index contributed by atoms with van der Waals surface area (Å²) < 4.78 is 0. The number of benzene rings is 1. The molecule has 9 nitrogen and oxygen atoms in total. The van der Waals surface area contributed by atoms with Crippen molar-refractivity contribution in [1.82, 2.24) is 16.0 Å². The second-order valence-corrected chi connectivity index (χ2v) is 9.30. The second-order valence-electron chi connectivity index (χ2n) is 7.95. The first-order chi connectivity index (χ1) is 15.6. The molecule has 1 rings (SSSR count). The fraction of sp³-hybridized carbons (Fsp3) is 0.545. The van der Waals surface area contributed by atoms with E-state index in [0.717, 1.165) is 5.56 Å². The minimum absolute atomic E-state index is 0.106. The van der Waals surface area contributed by atoms with Crippen LogP contribution in [0.15, 0.2) is 30.3 Å². The maximum absolute atomic E-state index is 12.9. The lowest BCUT2D eigenvalue weighted by molar-refractivity contribution is -0.142. The van der Waals surface area contributed by atoms with Crippen molar-refractivity contribution in [2.45, 2.75) is 50.9 Å². The molecule has 0 aliphatic carbocycles. The number of carbonyl (C=O) groups is 4. The van der Waals surface area contributed by atoms with E-state index >= 15 is 0 Å². The van der Waals surface area contributed by atoms with Crippen LogP contribution in [0.3, 0.4) is 0 Å². The lowest BCUT2D eigenvalue weighted by atomic mass is 10.0. The number of amides is 3. The quantitative estimate of drug-likeness (QED) is 0.204. The molecule has 1 aromatic rings. The summed E-state index contributed by atoms with van der Waals surface area (Å²) in [5.41, 5.74) is 6.45. The van der Waals surface area contributed by atoms with Gasteiger partial charge in [0.05, 0.1) is 6.04 Å². The first-order valence-electron chi connectivity index (χ1n) is 10.6. The van der Waals surface area contributed by atoms with Crippen molar-refractivity contribution in [3.05, 3.63) is 35.9 Å². The number of nitrogens with two attached hydrogens (primary N) is 1. The molecule has 0 aliphatic heterocycles. The van der Waals surface area contributed by atoms with Gasteiger partial charge in [0, 0.05) is 12.2 Å². The number of hydrogen-bond acceptors (Lipinski definition) is 7. The Morgan fingerprint density at radius 1 is 1.00 bits per heavy atom. The van der Waals surface area contributed by atoms with Crippen LogP contribution in [0, 0.1) is 5.92 Å². The third-order valence-electron chi connectivity index (χ3n) is 4.92. The number of thiol groups is 1. The summed E-state index contributed by atoms with van der Waals surface area (Å²) in [6, 6.07) is 5.06. The van der Waals surface area contributed by atoms with Crippen LogP contribution in [0.25, 0.3) is 0 Å². The molecule has 1 aromatic carbocycles. The Morgan fingerprint density at radius 2 is 1.61 bits per heavy atom. The van der Waals surface area contributed by atoms with E-state index in [4.69, 9.17) is 5.73 Å². The molecule has 0 heterocycles. The highest BCUT2D eigenvalue weighted by molar-refractivity contribution is 7.98. The Morgan fingerprint density at radius 3 is 2.12 bits per heavy atom. The number of carbonyl (C=O) groups excluding carboxylic acids is 3. The van der Waals surface area contributed by atoms with E-state index in [1.54, 1.807) is 38.1 Å². The predicted molar refractivity (Wildman–Crippen MR) is 133 cm³/mol. The van der Waals surface area contributed by atoms with Gasteiger partial charge in [-0.25, -0.2) is 4.79 Å². The van der Waals surface area contributed by atoms with Crippen LogP contribution in [0.4, 0.5) is 0 Å². The van der Waals surface area contributed by atoms with Crippen LogP contribution in [-0.2, 0) is 25.6 Å². The standard InChI is InChI=1S/C22H34N4O5S2/c1-13(2)18(21(29)25-17(22(30)31)11-14-7-5-4-6-8-14)26-20(28)16(9-10-33-3)24-19(27)15(23)12-32/h4-8,13,15-18,32H,9-12,23H2,1-3H3,(H,24,27)(H,25,29)(H,26,28)(H,30,31). The molecule has 4 atom stereocenters. The van der Waals surface area contributed by atoms with Gasteiger partial charge in [-0.3, -0.25) is 14.4 Å². The zero-order valence-electron chi connectivity index (χ0n) is 19.1. The van der Waals surface area contributed by atoms with E-state index in [1.807, 2.05) is 12.3 Å². The minimum Gasteiger partial charge on any atom is -0.480 e. The Kier molecular flexibility index (Phi) is 12.9. The highest BCUT2D eigenvalue weighted by atomic mass is 32.2. The molecular weight excluding hydrogens is 464 g/mol. The highest BCUT2D eigenvalue weighted by Crippen LogP contribution is 2.08. The molecule has 3 amide bonds. The van der Waals surface area contributed by atoms with Crippen molar-refractivity contribution in [2.75, 3.05) is 17.8 Å². The third kappa shape index (κ3) is 10.1. The summed E-state index contributed by atoms with van der Waals surface area (Å²) in [4.78, 5) is 49.8.